The van der Waals surface area contributed by atoms with Gasteiger partial charge in [0.1, 0.15) is 0 Å². The van der Waals surface area contributed by atoms with Gasteiger partial charge in [0.2, 0.25) is 0 Å². The molecule has 0 bridgehead atoms. The highest BCUT2D eigenvalue weighted by molar-refractivity contribution is 5.07. The van der Waals surface area contributed by atoms with Crippen LogP contribution in [0.15, 0.2) is 18.5 Å². The van der Waals surface area contributed by atoms with Crippen molar-refractivity contribution >= 4 is 0 Å². The highest BCUT2D eigenvalue weighted by Crippen LogP contribution is 2.21. The van der Waals surface area contributed by atoms with Crippen LogP contribution in [0.4, 0.5) is 0 Å². The van der Waals surface area contributed by atoms with Crippen LogP contribution in [0.3, 0.4) is 0 Å². The third kappa shape index (κ3) is 2.77. The minimum atomic E-state index is 0.591. The van der Waals surface area contributed by atoms with E-state index in [-0.39, 0.29) is 0 Å². The summed E-state index contributed by atoms with van der Waals surface area (Å²) in [7, 11) is 1.97. The van der Waals surface area contributed by atoms with Gasteiger partial charge in [0, 0.05) is 37.1 Å². The van der Waals surface area contributed by atoms with Crippen molar-refractivity contribution in [1.29, 1.82) is 0 Å². The molecule has 20 heavy (non-hydrogen) atoms. The lowest BCUT2D eigenvalue weighted by Gasteiger charge is -2.24. The van der Waals surface area contributed by atoms with Gasteiger partial charge in [-0.25, -0.2) is 0 Å². The zero-order valence-corrected chi connectivity index (χ0v) is 12.6. The molecule has 1 fully saturated rings. The molecule has 5 nitrogen and oxygen atoms in total. The summed E-state index contributed by atoms with van der Waals surface area (Å²) in [5.74, 6) is 0. The fraction of sp³-hybridized carbons (Fsp3) is 0.600. The summed E-state index contributed by atoms with van der Waals surface area (Å²) in [6, 6.07) is 2.74. The maximum atomic E-state index is 4.59. The Balaban J connectivity index is 1.67. The van der Waals surface area contributed by atoms with Crippen molar-refractivity contribution in [2.45, 2.75) is 45.8 Å². The quantitative estimate of drug-likeness (QED) is 0.854. The second kappa shape index (κ2) is 5.40. The third-order valence-corrected chi connectivity index (χ3v) is 4.13. The van der Waals surface area contributed by atoms with Gasteiger partial charge in [0.25, 0.3) is 0 Å². The van der Waals surface area contributed by atoms with E-state index in [1.807, 2.05) is 17.9 Å². The largest absolute Gasteiger partial charge is 0.294 e. The zero-order valence-electron chi connectivity index (χ0n) is 12.6. The molecule has 1 unspecified atom stereocenters. The van der Waals surface area contributed by atoms with Crippen LogP contribution in [0.2, 0.25) is 0 Å². The smallest absolute Gasteiger partial charge is 0.0596 e. The van der Waals surface area contributed by atoms with Crippen LogP contribution in [-0.4, -0.2) is 37.0 Å². The Kier molecular flexibility index (Phi) is 3.61. The topological polar surface area (TPSA) is 38.9 Å². The predicted molar refractivity (Wildman–Crippen MR) is 78.3 cm³/mol. The van der Waals surface area contributed by atoms with Crippen molar-refractivity contribution in [2.24, 2.45) is 7.05 Å². The molecule has 1 saturated heterocycles. The van der Waals surface area contributed by atoms with E-state index in [9.17, 15) is 0 Å². The lowest BCUT2D eigenvalue weighted by molar-refractivity contribution is 0.218. The molecule has 2 aromatic heterocycles. The van der Waals surface area contributed by atoms with Crippen molar-refractivity contribution in [3.05, 3.63) is 35.4 Å². The van der Waals surface area contributed by atoms with Gasteiger partial charge < -0.3 is 0 Å². The molecule has 2 aromatic rings. The summed E-state index contributed by atoms with van der Waals surface area (Å²) in [6.07, 6.45) is 6.63. The molecular formula is C15H23N5. The van der Waals surface area contributed by atoms with Crippen LogP contribution in [0.1, 0.15) is 29.8 Å². The molecule has 3 heterocycles. The first kappa shape index (κ1) is 13.4. The Bertz CT molecular complexity index is 583. The Labute approximate surface area is 120 Å². The highest BCUT2D eigenvalue weighted by atomic mass is 15.3. The van der Waals surface area contributed by atoms with Gasteiger partial charge in [-0.3, -0.25) is 14.3 Å². The summed E-state index contributed by atoms with van der Waals surface area (Å²) < 4.78 is 4.03. The predicted octanol–water partition coefficient (Wildman–Crippen LogP) is 1.90. The van der Waals surface area contributed by atoms with E-state index in [1.165, 1.54) is 30.6 Å². The van der Waals surface area contributed by atoms with Crippen molar-refractivity contribution < 1.29 is 0 Å². The standard InChI is InChI=1S/C15H23N5/c1-12-7-13(2)20(17-12)11-15-5-4-6-19(15)10-14-8-16-18(3)9-14/h7-9,15H,4-6,10-11H2,1-3H3. The number of aryl methyl sites for hydroxylation is 3. The lowest BCUT2D eigenvalue weighted by atomic mass is 10.2. The summed E-state index contributed by atoms with van der Waals surface area (Å²) in [5.41, 5.74) is 3.67. The average molecular weight is 273 g/mol. The number of hydrogen-bond acceptors (Lipinski definition) is 3. The SMILES string of the molecule is Cc1cc(C)n(CC2CCCN2Cc2cnn(C)c2)n1. The first-order chi connectivity index (χ1) is 9.61. The van der Waals surface area contributed by atoms with E-state index in [0.717, 1.165) is 18.8 Å². The van der Waals surface area contributed by atoms with Gasteiger partial charge in [0.15, 0.2) is 0 Å². The summed E-state index contributed by atoms with van der Waals surface area (Å²) in [4.78, 5) is 2.56. The summed E-state index contributed by atoms with van der Waals surface area (Å²) >= 11 is 0. The maximum absolute atomic E-state index is 4.59. The first-order valence-electron chi connectivity index (χ1n) is 7.34. The maximum Gasteiger partial charge on any atom is 0.0596 e. The van der Waals surface area contributed by atoms with E-state index in [1.54, 1.807) is 0 Å². The Morgan fingerprint density at radius 2 is 2.20 bits per heavy atom. The molecule has 1 aliphatic rings. The third-order valence-electron chi connectivity index (χ3n) is 4.13. The van der Waals surface area contributed by atoms with Crippen LogP contribution in [0, 0.1) is 13.8 Å². The van der Waals surface area contributed by atoms with Crippen LogP contribution in [0.5, 0.6) is 0 Å². The molecule has 0 radical (unpaired) electrons. The molecule has 0 spiro atoms. The summed E-state index contributed by atoms with van der Waals surface area (Å²) in [6.45, 7) is 7.38. The van der Waals surface area contributed by atoms with E-state index in [0.29, 0.717) is 6.04 Å². The number of likely N-dealkylation sites (tertiary alicyclic amines) is 1. The van der Waals surface area contributed by atoms with Crippen molar-refractivity contribution in [2.75, 3.05) is 6.54 Å². The molecule has 1 aliphatic heterocycles. The molecule has 0 aromatic carbocycles. The Hall–Kier alpha value is -1.62. The fourth-order valence-corrected chi connectivity index (χ4v) is 3.16. The molecular weight excluding hydrogens is 250 g/mol. The van der Waals surface area contributed by atoms with Crippen LogP contribution in [0.25, 0.3) is 0 Å². The van der Waals surface area contributed by atoms with Crippen molar-refractivity contribution in [3.63, 3.8) is 0 Å². The highest BCUT2D eigenvalue weighted by Gasteiger charge is 2.25. The van der Waals surface area contributed by atoms with Gasteiger partial charge in [-0.15, -0.1) is 0 Å². The first-order valence-corrected chi connectivity index (χ1v) is 7.34. The Morgan fingerprint density at radius 1 is 1.35 bits per heavy atom. The molecule has 0 aliphatic carbocycles. The zero-order chi connectivity index (χ0) is 14.1. The lowest BCUT2D eigenvalue weighted by Crippen LogP contribution is -2.33. The second-order valence-electron chi connectivity index (χ2n) is 5.90. The number of hydrogen-bond donors (Lipinski definition) is 0. The van der Waals surface area contributed by atoms with E-state index in [4.69, 9.17) is 0 Å². The molecule has 0 saturated carbocycles. The number of aromatic nitrogens is 4. The number of rotatable bonds is 4. The van der Waals surface area contributed by atoms with Gasteiger partial charge >= 0.3 is 0 Å². The molecule has 0 amide bonds. The normalized spacial score (nSPS) is 19.9. The molecule has 3 rings (SSSR count). The summed E-state index contributed by atoms with van der Waals surface area (Å²) in [5, 5.41) is 8.85. The fourth-order valence-electron chi connectivity index (χ4n) is 3.16. The van der Waals surface area contributed by atoms with Crippen molar-refractivity contribution in [3.8, 4) is 0 Å². The number of nitrogens with zero attached hydrogens (tertiary/aromatic N) is 5. The van der Waals surface area contributed by atoms with Crippen LogP contribution < -0.4 is 0 Å². The molecule has 0 N–H and O–H groups in total. The molecule has 5 heteroatoms. The van der Waals surface area contributed by atoms with E-state index in [2.05, 4.69) is 45.9 Å². The molecule has 1 atom stereocenters. The Morgan fingerprint density at radius 3 is 2.85 bits per heavy atom. The van der Waals surface area contributed by atoms with Crippen LogP contribution >= 0.6 is 0 Å². The van der Waals surface area contributed by atoms with Crippen molar-refractivity contribution in [1.82, 2.24) is 24.5 Å². The molecule has 108 valence electrons. The van der Waals surface area contributed by atoms with Crippen LogP contribution in [-0.2, 0) is 20.1 Å². The van der Waals surface area contributed by atoms with Gasteiger partial charge in [-0.2, -0.15) is 10.2 Å². The minimum absolute atomic E-state index is 0.591. The van der Waals surface area contributed by atoms with Gasteiger partial charge in [-0.05, 0) is 39.3 Å². The average Bonchev–Trinajstić information content (AvgIpc) is 3.05. The second-order valence-corrected chi connectivity index (χ2v) is 5.90. The monoisotopic (exact) mass is 273 g/mol. The minimum Gasteiger partial charge on any atom is -0.294 e. The van der Waals surface area contributed by atoms with Gasteiger partial charge in [-0.1, -0.05) is 0 Å². The van der Waals surface area contributed by atoms with Gasteiger partial charge in [0.05, 0.1) is 18.4 Å². The van der Waals surface area contributed by atoms with E-state index < -0.39 is 0 Å². The van der Waals surface area contributed by atoms with E-state index >= 15 is 0 Å².